The van der Waals surface area contributed by atoms with Gasteiger partial charge in [0.15, 0.2) is 0 Å². The lowest BCUT2D eigenvalue weighted by atomic mass is 9.91. The van der Waals surface area contributed by atoms with Crippen LogP contribution in [0.1, 0.15) is 20.8 Å². The Bertz CT molecular complexity index is 1010. The number of fused-ring (bicyclic) bond motifs is 1. The molecule has 3 heterocycles. The maximum atomic E-state index is 12.5. The Morgan fingerprint density at radius 2 is 1.93 bits per heavy atom. The van der Waals surface area contributed by atoms with E-state index in [2.05, 4.69) is 53.2 Å². The van der Waals surface area contributed by atoms with Crippen molar-refractivity contribution in [1.29, 1.82) is 0 Å². The van der Waals surface area contributed by atoms with Crippen LogP contribution in [-0.2, 0) is 11.8 Å². The van der Waals surface area contributed by atoms with Gasteiger partial charge >= 0.3 is 0 Å². The number of amides is 1. The van der Waals surface area contributed by atoms with E-state index >= 15 is 0 Å². The molecule has 3 aromatic rings. The van der Waals surface area contributed by atoms with Crippen LogP contribution in [0, 0.1) is 11.3 Å². The highest BCUT2D eigenvalue weighted by atomic mass is 16.2. The summed E-state index contributed by atoms with van der Waals surface area (Å²) < 4.78 is 1.79. The van der Waals surface area contributed by atoms with Crippen LogP contribution in [0.15, 0.2) is 42.9 Å². The zero-order valence-corrected chi connectivity index (χ0v) is 16.9. The molecular weight excluding hydrogens is 350 g/mol. The third kappa shape index (κ3) is 4.07. The van der Waals surface area contributed by atoms with E-state index in [9.17, 15) is 4.79 Å². The lowest BCUT2D eigenvalue weighted by Crippen LogP contribution is -2.54. The van der Waals surface area contributed by atoms with Gasteiger partial charge < -0.3 is 10.2 Å². The molecule has 0 unspecified atom stereocenters. The topological polar surface area (TPSA) is 63.1 Å². The minimum atomic E-state index is 0.0431. The smallest absolute Gasteiger partial charge is 0.231 e. The normalized spacial score (nSPS) is 15.6. The van der Waals surface area contributed by atoms with Crippen molar-refractivity contribution in [3.05, 3.63) is 42.9 Å². The monoisotopic (exact) mass is 377 g/mol. The van der Waals surface area contributed by atoms with E-state index in [4.69, 9.17) is 0 Å². The van der Waals surface area contributed by atoms with Crippen molar-refractivity contribution < 1.29 is 4.79 Å². The van der Waals surface area contributed by atoms with Gasteiger partial charge in [0.25, 0.3) is 0 Å². The SMILES string of the molecule is Cn1cc(-c2ccc3cnc(NC(=O)C4CN(CC(C)(C)C)C4)cc3c2)cn1. The predicted octanol–water partition coefficient (Wildman–Crippen LogP) is 3.55. The van der Waals surface area contributed by atoms with Crippen LogP contribution >= 0.6 is 0 Å². The Morgan fingerprint density at radius 1 is 1.14 bits per heavy atom. The van der Waals surface area contributed by atoms with E-state index in [0.29, 0.717) is 5.82 Å². The van der Waals surface area contributed by atoms with Gasteiger partial charge in [-0.2, -0.15) is 5.10 Å². The van der Waals surface area contributed by atoms with Crippen LogP contribution in [0.2, 0.25) is 0 Å². The van der Waals surface area contributed by atoms with E-state index < -0.39 is 0 Å². The number of benzene rings is 1. The fourth-order valence-electron chi connectivity index (χ4n) is 3.72. The number of likely N-dealkylation sites (tertiary alicyclic amines) is 1. The second-order valence-corrected chi connectivity index (χ2v) is 8.98. The molecule has 1 aliphatic heterocycles. The molecule has 2 aromatic heterocycles. The van der Waals surface area contributed by atoms with Crippen molar-refractivity contribution in [2.24, 2.45) is 18.4 Å². The first kappa shape index (κ1) is 18.6. The number of carbonyl (C=O) groups excluding carboxylic acids is 1. The van der Waals surface area contributed by atoms with Crippen LogP contribution in [0.25, 0.3) is 21.9 Å². The van der Waals surface area contributed by atoms with Crippen molar-refractivity contribution in [3.63, 3.8) is 0 Å². The molecule has 0 aliphatic carbocycles. The number of nitrogens with zero attached hydrogens (tertiary/aromatic N) is 4. The number of hydrogen-bond donors (Lipinski definition) is 1. The summed E-state index contributed by atoms with van der Waals surface area (Å²) in [7, 11) is 1.91. The maximum absolute atomic E-state index is 12.5. The van der Waals surface area contributed by atoms with Gasteiger partial charge in [0.2, 0.25) is 5.91 Å². The van der Waals surface area contributed by atoms with Crippen molar-refractivity contribution >= 4 is 22.5 Å². The van der Waals surface area contributed by atoms with Crippen molar-refractivity contribution in [2.75, 3.05) is 25.0 Å². The summed E-state index contributed by atoms with van der Waals surface area (Å²) in [5.41, 5.74) is 2.42. The number of hydrogen-bond acceptors (Lipinski definition) is 4. The van der Waals surface area contributed by atoms with Gasteiger partial charge in [-0.1, -0.05) is 32.9 Å². The Labute approximate surface area is 165 Å². The van der Waals surface area contributed by atoms with E-state index in [-0.39, 0.29) is 17.2 Å². The Balaban J connectivity index is 1.45. The zero-order valence-electron chi connectivity index (χ0n) is 16.9. The molecule has 1 N–H and O–H groups in total. The highest BCUT2D eigenvalue weighted by molar-refractivity contribution is 5.95. The Kier molecular flexibility index (Phi) is 4.67. The number of aryl methyl sites for hydroxylation is 1. The summed E-state index contributed by atoms with van der Waals surface area (Å²) in [6.45, 7) is 9.32. The van der Waals surface area contributed by atoms with Gasteiger partial charge in [-0.25, -0.2) is 4.98 Å². The average Bonchev–Trinajstić information content (AvgIpc) is 3.02. The maximum Gasteiger partial charge on any atom is 0.231 e. The molecule has 0 spiro atoms. The summed E-state index contributed by atoms with van der Waals surface area (Å²) in [5, 5.41) is 9.32. The molecule has 1 saturated heterocycles. The average molecular weight is 377 g/mol. The molecule has 4 rings (SSSR count). The zero-order chi connectivity index (χ0) is 19.9. The molecule has 0 radical (unpaired) electrons. The van der Waals surface area contributed by atoms with Crippen LogP contribution in [0.5, 0.6) is 0 Å². The van der Waals surface area contributed by atoms with Crippen molar-refractivity contribution in [1.82, 2.24) is 19.7 Å². The molecule has 6 heteroatoms. The second kappa shape index (κ2) is 7.02. The highest BCUT2D eigenvalue weighted by Gasteiger charge is 2.34. The number of carbonyl (C=O) groups is 1. The number of aromatic nitrogens is 3. The van der Waals surface area contributed by atoms with E-state index in [0.717, 1.165) is 41.5 Å². The molecule has 1 fully saturated rings. The third-order valence-corrected chi connectivity index (χ3v) is 5.04. The van der Waals surface area contributed by atoms with E-state index in [1.54, 1.807) is 4.68 Å². The Hall–Kier alpha value is -2.73. The molecule has 146 valence electrons. The molecule has 1 aliphatic rings. The lowest BCUT2D eigenvalue weighted by molar-refractivity contribution is -0.125. The predicted molar refractivity (Wildman–Crippen MR) is 112 cm³/mol. The van der Waals surface area contributed by atoms with Gasteiger partial charge in [0.1, 0.15) is 5.82 Å². The Morgan fingerprint density at radius 3 is 2.61 bits per heavy atom. The summed E-state index contributed by atoms with van der Waals surface area (Å²) in [6.07, 6.45) is 5.65. The number of rotatable bonds is 4. The fraction of sp³-hybridized carbons (Fsp3) is 0.409. The molecule has 0 saturated carbocycles. The van der Waals surface area contributed by atoms with E-state index in [1.165, 1.54) is 0 Å². The summed E-state index contributed by atoms with van der Waals surface area (Å²) in [4.78, 5) is 19.3. The van der Waals surface area contributed by atoms with Crippen molar-refractivity contribution in [2.45, 2.75) is 20.8 Å². The summed E-state index contributed by atoms with van der Waals surface area (Å²) in [5.74, 6) is 0.706. The quantitative estimate of drug-likeness (QED) is 0.755. The molecule has 6 nitrogen and oxygen atoms in total. The number of nitrogens with one attached hydrogen (secondary N) is 1. The number of anilines is 1. The fourth-order valence-corrected chi connectivity index (χ4v) is 3.72. The summed E-state index contributed by atoms with van der Waals surface area (Å²) >= 11 is 0. The molecule has 1 amide bonds. The molecular formula is C22H27N5O. The molecule has 1 aromatic carbocycles. The first-order valence-corrected chi connectivity index (χ1v) is 9.69. The van der Waals surface area contributed by atoms with Crippen LogP contribution < -0.4 is 5.32 Å². The first-order chi connectivity index (χ1) is 13.3. The van der Waals surface area contributed by atoms with Crippen LogP contribution in [-0.4, -0.2) is 45.2 Å². The van der Waals surface area contributed by atoms with Crippen molar-refractivity contribution in [3.8, 4) is 11.1 Å². The molecule has 0 bridgehead atoms. The first-order valence-electron chi connectivity index (χ1n) is 9.69. The van der Waals surface area contributed by atoms with Gasteiger partial charge in [0, 0.05) is 50.0 Å². The summed E-state index contributed by atoms with van der Waals surface area (Å²) in [6, 6.07) is 8.17. The van der Waals surface area contributed by atoms with E-state index in [1.807, 2.05) is 37.8 Å². The van der Waals surface area contributed by atoms with Crippen LogP contribution in [0.3, 0.4) is 0 Å². The molecule has 28 heavy (non-hydrogen) atoms. The minimum Gasteiger partial charge on any atom is -0.310 e. The second-order valence-electron chi connectivity index (χ2n) is 8.98. The minimum absolute atomic E-state index is 0.0431. The highest BCUT2D eigenvalue weighted by Crippen LogP contribution is 2.26. The van der Waals surface area contributed by atoms with Gasteiger partial charge in [0.05, 0.1) is 12.1 Å². The standard InChI is InChI=1S/C22H27N5O/c1-22(2,3)14-27-12-19(13-27)21(28)25-20-8-17-7-15(5-6-16(17)9-23-20)18-10-24-26(4)11-18/h5-11,19H,12-14H2,1-4H3,(H,23,25,28). The van der Waals surface area contributed by atoms with Crippen LogP contribution in [0.4, 0.5) is 5.82 Å². The van der Waals surface area contributed by atoms with Gasteiger partial charge in [-0.15, -0.1) is 0 Å². The lowest BCUT2D eigenvalue weighted by Gasteiger charge is -2.41. The molecule has 0 atom stereocenters. The number of pyridine rings is 1. The van der Waals surface area contributed by atoms with Gasteiger partial charge in [-0.05, 0) is 28.5 Å². The largest absolute Gasteiger partial charge is 0.310 e. The van der Waals surface area contributed by atoms with Gasteiger partial charge in [-0.3, -0.25) is 9.48 Å². The third-order valence-electron chi connectivity index (χ3n) is 5.04.